The number of carbonyl (C=O) groups excluding carboxylic acids is 1. The molecule has 31 heavy (non-hydrogen) atoms. The van der Waals surface area contributed by atoms with Gasteiger partial charge in [-0.3, -0.25) is 9.59 Å². The van der Waals surface area contributed by atoms with E-state index in [1.165, 1.54) is 12.4 Å². The third-order valence-electron chi connectivity index (χ3n) is 5.26. The van der Waals surface area contributed by atoms with Gasteiger partial charge in [0.15, 0.2) is 11.6 Å². The van der Waals surface area contributed by atoms with Gasteiger partial charge in [-0.2, -0.15) is 4.31 Å². The SMILES string of the molecule is O=C(Nc1ccc2nc[nH]c(=O)c2c1)C1CCN(S(=O)(=O)c2ccc(F)c(F)c2)CC1. The molecule has 0 bridgehead atoms. The smallest absolute Gasteiger partial charge is 0.258 e. The number of rotatable bonds is 4. The van der Waals surface area contributed by atoms with Gasteiger partial charge in [0.25, 0.3) is 5.56 Å². The van der Waals surface area contributed by atoms with Crippen LogP contribution in [0.3, 0.4) is 0 Å². The molecule has 1 saturated heterocycles. The van der Waals surface area contributed by atoms with Crippen LogP contribution in [-0.2, 0) is 14.8 Å². The predicted octanol–water partition coefficient (Wildman–Crippen LogP) is 2.24. The number of nitrogens with one attached hydrogen (secondary N) is 2. The number of H-pyrrole nitrogens is 1. The van der Waals surface area contributed by atoms with Gasteiger partial charge in [0, 0.05) is 24.7 Å². The highest BCUT2D eigenvalue weighted by molar-refractivity contribution is 7.89. The molecular weight excluding hydrogens is 430 g/mol. The molecule has 0 unspecified atom stereocenters. The summed E-state index contributed by atoms with van der Waals surface area (Å²) in [6.07, 6.45) is 1.83. The Morgan fingerprint density at radius 1 is 1.10 bits per heavy atom. The van der Waals surface area contributed by atoms with E-state index in [1.807, 2.05) is 0 Å². The fourth-order valence-corrected chi connectivity index (χ4v) is 5.02. The van der Waals surface area contributed by atoms with E-state index in [1.54, 1.807) is 12.1 Å². The Morgan fingerprint density at radius 3 is 2.55 bits per heavy atom. The molecular formula is C20H18F2N4O4S. The molecule has 11 heteroatoms. The number of amides is 1. The van der Waals surface area contributed by atoms with Crippen molar-refractivity contribution in [2.45, 2.75) is 17.7 Å². The summed E-state index contributed by atoms with van der Waals surface area (Å²) < 4.78 is 53.0. The van der Waals surface area contributed by atoms with E-state index in [9.17, 15) is 26.8 Å². The molecule has 1 aromatic heterocycles. The van der Waals surface area contributed by atoms with Gasteiger partial charge in [-0.15, -0.1) is 0 Å². The first-order valence-electron chi connectivity index (χ1n) is 9.49. The molecule has 0 aliphatic carbocycles. The fraction of sp³-hybridized carbons (Fsp3) is 0.250. The molecule has 1 fully saturated rings. The summed E-state index contributed by atoms with van der Waals surface area (Å²) >= 11 is 0. The van der Waals surface area contributed by atoms with E-state index in [2.05, 4.69) is 15.3 Å². The summed E-state index contributed by atoms with van der Waals surface area (Å²) in [5.41, 5.74) is 0.613. The summed E-state index contributed by atoms with van der Waals surface area (Å²) in [6, 6.07) is 7.23. The fourth-order valence-electron chi connectivity index (χ4n) is 3.54. The van der Waals surface area contributed by atoms with Gasteiger partial charge in [0.1, 0.15) is 0 Å². The molecule has 3 aromatic rings. The van der Waals surface area contributed by atoms with Gasteiger partial charge < -0.3 is 10.3 Å². The van der Waals surface area contributed by atoms with Crippen LogP contribution in [0.5, 0.6) is 0 Å². The minimum atomic E-state index is -3.99. The Bertz CT molecular complexity index is 1320. The van der Waals surface area contributed by atoms with Crippen LogP contribution in [0.2, 0.25) is 0 Å². The van der Waals surface area contributed by atoms with E-state index >= 15 is 0 Å². The molecule has 0 atom stereocenters. The topological polar surface area (TPSA) is 112 Å². The van der Waals surface area contributed by atoms with Gasteiger partial charge >= 0.3 is 0 Å². The van der Waals surface area contributed by atoms with Crippen LogP contribution < -0.4 is 10.9 Å². The molecule has 2 heterocycles. The number of benzene rings is 2. The van der Waals surface area contributed by atoms with Crippen molar-refractivity contribution in [3.63, 3.8) is 0 Å². The Balaban J connectivity index is 1.42. The lowest BCUT2D eigenvalue weighted by atomic mass is 9.97. The number of hydrogen-bond donors (Lipinski definition) is 2. The highest BCUT2D eigenvalue weighted by Crippen LogP contribution is 2.26. The third-order valence-corrected chi connectivity index (χ3v) is 7.16. The van der Waals surface area contributed by atoms with Gasteiger partial charge in [0.2, 0.25) is 15.9 Å². The molecule has 0 radical (unpaired) electrons. The Labute approximate surface area is 176 Å². The Hall–Kier alpha value is -3.18. The molecule has 0 saturated carbocycles. The van der Waals surface area contributed by atoms with Crippen molar-refractivity contribution in [3.05, 3.63) is 64.7 Å². The van der Waals surface area contributed by atoms with E-state index < -0.39 is 27.6 Å². The molecule has 8 nitrogen and oxygen atoms in total. The molecule has 0 spiro atoms. The van der Waals surface area contributed by atoms with Crippen molar-refractivity contribution in [2.24, 2.45) is 5.92 Å². The van der Waals surface area contributed by atoms with E-state index in [4.69, 9.17) is 0 Å². The highest BCUT2D eigenvalue weighted by atomic mass is 32.2. The molecule has 2 N–H and O–H groups in total. The van der Waals surface area contributed by atoms with Gasteiger partial charge in [-0.1, -0.05) is 0 Å². The van der Waals surface area contributed by atoms with Crippen molar-refractivity contribution in [3.8, 4) is 0 Å². The summed E-state index contributed by atoms with van der Waals surface area (Å²) in [5, 5.41) is 3.09. The van der Waals surface area contributed by atoms with Crippen LogP contribution >= 0.6 is 0 Å². The zero-order valence-electron chi connectivity index (χ0n) is 16.1. The molecule has 2 aromatic carbocycles. The van der Waals surface area contributed by atoms with Gasteiger partial charge in [0.05, 0.1) is 22.1 Å². The zero-order valence-corrected chi connectivity index (χ0v) is 17.0. The summed E-state index contributed by atoms with van der Waals surface area (Å²) in [7, 11) is -3.99. The standard InChI is InChI=1S/C20H18F2N4O4S/c21-16-3-2-14(10-17(16)22)31(29,30)26-7-5-12(6-8-26)19(27)25-13-1-4-18-15(9-13)20(28)24-11-23-18/h1-4,9-12H,5-8H2,(H,25,27)(H,23,24,28). The van der Waals surface area contributed by atoms with Crippen molar-refractivity contribution in [1.82, 2.24) is 14.3 Å². The molecule has 162 valence electrons. The number of hydrogen-bond acceptors (Lipinski definition) is 5. The first-order chi connectivity index (χ1) is 14.8. The zero-order chi connectivity index (χ0) is 22.2. The molecule has 1 aliphatic heterocycles. The first-order valence-corrected chi connectivity index (χ1v) is 10.9. The largest absolute Gasteiger partial charge is 0.326 e. The number of sulfonamides is 1. The molecule has 1 aliphatic rings. The van der Waals surface area contributed by atoms with Gasteiger partial charge in [-0.25, -0.2) is 22.2 Å². The lowest BCUT2D eigenvalue weighted by molar-refractivity contribution is -0.120. The summed E-state index contributed by atoms with van der Waals surface area (Å²) in [5.74, 6) is -3.08. The lowest BCUT2D eigenvalue weighted by Crippen LogP contribution is -2.41. The monoisotopic (exact) mass is 448 g/mol. The average molecular weight is 448 g/mol. The van der Waals surface area contributed by atoms with Crippen LogP contribution in [0.25, 0.3) is 10.9 Å². The molecule has 1 amide bonds. The van der Waals surface area contributed by atoms with Gasteiger partial charge in [-0.05, 0) is 49.2 Å². The maximum atomic E-state index is 13.4. The Morgan fingerprint density at radius 2 is 1.84 bits per heavy atom. The maximum Gasteiger partial charge on any atom is 0.258 e. The second-order valence-corrected chi connectivity index (χ2v) is 9.15. The number of nitrogens with zero attached hydrogens (tertiary/aromatic N) is 2. The van der Waals surface area contributed by atoms with E-state index in [0.717, 1.165) is 16.4 Å². The normalized spacial score (nSPS) is 15.8. The average Bonchev–Trinajstić information content (AvgIpc) is 2.76. The van der Waals surface area contributed by atoms with Crippen molar-refractivity contribution < 1.29 is 22.0 Å². The van der Waals surface area contributed by atoms with Crippen LogP contribution in [0.15, 0.2) is 52.4 Å². The highest BCUT2D eigenvalue weighted by Gasteiger charge is 2.32. The molecule has 4 rings (SSSR count). The van der Waals surface area contributed by atoms with Crippen LogP contribution in [0.1, 0.15) is 12.8 Å². The number of halogens is 2. The minimum absolute atomic E-state index is 0.0702. The third kappa shape index (κ3) is 4.19. The number of aromatic amines is 1. The predicted molar refractivity (Wildman–Crippen MR) is 109 cm³/mol. The number of carbonyl (C=O) groups is 1. The first kappa shape index (κ1) is 21.1. The van der Waals surface area contributed by atoms with Crippen molar-refractivity contribution in [2.75, 3.05) is 18.4 Å². The number of anilines is 1. The second-order valence-electron chi connectivity index (χ2n) is 7.21. The lowest BCUT2D eigenvalue weighted by Gasteiger charge is -2.30. The van der Waals surface area contributed by atoms with E-state index in [-0.39, 0.29) is 42.3 Å². The second kappa shape index (κ2) is 8.16. The minimum Gasteiger partial charge on any atom is -0.326 e. The van der Waals surface area contributed by atoms with Crippen molar-refractivity contribution in [1.29, 1.82) is 0 Å². The van der Waals surface area contributed by atoms with Crippen LogP contribution in [0, 0.1) is 17.6 Å². The number of piperidine rings is 1. The summed E-state index contributed by atoms with van der Waals surface area (Å²) in [4.78, 5) is 30.7. The Kier molecular flexibility index (Phi) is 5.54. The maximum absolute atomic E-state index is 13.4. The van der Waals surface area contributed by atoms with Crippen LogP contribution in [-0.4, -0.2) is 41.7 Å². The number of fused-ring (bicyclic) bond motifs is 1. The quantitative estimate of drug-likeness (QED) is 0.636. The van der Waals surface area contributed by atoms with Crippen molar-refractivity contribution >= 4 is 32.5 Å². The number of aromatic nitrogens is 2. The summed E-state index contributed by atoms with van der Waals surface area (Å²) in [6.45, 7) is 0.140. The van der Waals surface area contributed by atoms with Crippen LogP contribution in [0.4, 0.5) is 14.5 Å². The van der Waals surface area contributed by atoms with E-state index in [0.29, 0.717) is 22.7 Å².